The fraction of sp³-hybridized carbons (Fsp3) is 1.00. The summed E-state index contributed by atoms with van der Waals surface area (Å²) in [7, 11) is 0. The van der Waals surface area contributed by atoms with Gasteiger partial charge in [0.1, 0.15) is 0 Å². The third kappa shape index (κ3) is 2.66. The lowest BCUT2D eigenvalue weighted by atomic mass is 10.1. The minimum atomic E-state index is -0.0996. The molecular weight excluding hydrogens is 170 g/mol. The van der Waals surface area contributed by atoms with E-state index in [2.05, 4.69) is 11.6 Å². The van der Waals surface area contributed by atoms with Crippen LogP contribution in [0, 0.1) is 5.92 Å². The molecule has 0 radical (unpaired) electrons. The van der Waals surface area contributed by atoms with Crippen LogP contribution in [0.4, 0.5) is 0 Å². The normalized spacial score (nSPS) is 31.8. The molecule has 62 valence electrons. The largest absolute Gasteiger partial charge is 0.391 e. The number of nitrogens with one attached hydrogen (secondary N) is 1. The maximum Gasteiger partial charge on any atom is 0.0712 e. The van der Waals surface area contributed by atoms with Crippen LogP contribution in [0.15, 0.2) is 0 Å². The van der Waals surface area contributed by atoms with E-state index >= 15 is 0 Å². The molecule has 2 atom stereocenters. The van der Waals surface area contributed by atoms with Crippen molar-refractivity contribution >= 4 is 24.2 Å². The van der Waals surface area contributed by atoms with Crippen molar-refractivity contribution in [3.63, 3.8) is 0 Å². The van der Waals surface area contributed by atoms with Crippen LogP contribution in [0.1, 0.15) is 0 Å². The van der Waals surface area contributed by atoms with Gasteiger partial charge < -0.3 is 10.4 Å². The van der Waals surface area contributed by atoms with E-state index in [0.29, 0.717) is 5.92 Å². The van der Waals surface area contributed by atoms with Crippen molar-refractivity contribution in [3.05, 3.63) is 0 Å². The molecule has 1 fully saturated rings. The van der Waals surface area contributed by atoms with Crippen molar-refractivity contribution in [3.8, 4) is 0 Å². The molecule has 1 aliphatic rings. The summed E-state index contributed by atoms with van der Waals surface area (Å²) >= 11 is 1.80. The van der Waals surface area contributed by atoms with E-state index in [-0.39, 0.29) is 18.5 Å². The maximum atomic E-state index is 9.24. The molecule has 4 heteroatoms. The van der Waals surface area contributed by atoms with Gasteiger partial charge in [0.15, 0.2) is 0 Å². The molecule has 1 aliphatic heterocycles. The van der Waals surface area contributed by atoms with Gasteiger partial charge in [-0.3, -0.25) is 0 Å². The van der Waals surface area contributed by atoms with E-state index in [1.165, 1.54) is 0 Å². The van der Waals surface area contributed by atoms with Crippen LogP contribution in [0.25, 0.3) is 0 Å². The monoisotopic (exact) mass is 183 g/mol. The molecule has 1 heterocycles. The molecule has 1 rings (SSSR count). The predicted molar refractivity (Wildman–Crippen MR) is 48.0 cm³/mol. The highest BCUT2D eigenvalue weighted by Gasteiger charge is 2.23. The topological polar surface area (TPSA) is 32.3 Å². The van der Waals surface area contributed by atoms with Gasteiger partial charge in [0, 0.05) is 19.0 Å². The Labute approximate surface area is 72.2 Å². The SMILES string of the molecule is CSCC1CNCC1O.Cl. The summed E-state index contributed by atoms with van der Waals surface area (Å²) in [6.45, 7) is 1.77. The molecule has 0 aliphatic carbocycles. The summed E-state index contributed by atoms with van der Waals surface area (Å²) in [5.41, 5.74) is 0. The number of β-amino-alcohol motifs (C(OH)–C–C–N with tert-alkyl or cyclic N) is 1. The predicted octanol–water partition coefficient (Wildman–Crippen LogP) is 0.351. The van der Waals surface area contributed by atoms with Gasteiger partial charge in [-0.2, -0.15) is 11.8 Å². The van der Waals surface area contributed by atoms with Gasteiger partial charge in [-0.15, -0.1) is 12.4 Å². The highest BCUT2D eigenvalue weighted by atomic mass is 35.5. The first-order chi connectivity index (χ1) is 4.34. The Balaban J connectivity index is 0.000000810. The fourth-order valence-corrected chi connectivity index (χ4v) is 1.87. The van der Waals surface area contributed by atoms with Crippen molar-refractivity contribution in [1.29, 1.82) is 0 Å². The average molecular weight is 184 g/mol. The molecule has 0 aromatic heterocycles. The zero-order chi connectivity index (χ0) is 6.69. The molecule has 10 heavy (non-hydrogen) atoms. The second-order valence-corrected chi connectivity index (χ2v) is 3.35. The Morgan fingerprint density at radius 3 is 2.70 bits per heavy atom. The van der Waals surface area contributed by atoms with Crippen molar-refractivity contribution in [1.82, 2.24) is 5.32 Å². The van der Waals surface area contributed by atoms with Crippen molar-refractivity contribution in [2.75, 3.05) is 25.1 Å². The van der Waals surface area contributed by atoms with E-state index in [0.717, 1.165) is 18.8 Å². The molecule has 0 aromatic carbocycles. The molecule has 0 amide bonds. The number of aliphatic hydroxyl groups is 1. The number of hydrogen-bond acceptors (Lipinski definition) is 3. The van der Waals surface area contributed by atoms with Crippen LogP contribution in [-0.2, 0) is 0 Å². The Hall–Kier alpha value is 0.560. The summed E-state index contributed by atoms with van der Waals surface area (Å²) < 4.78 is 0. The molecular formula is C6H14ClNOS. The van der Waals surface area contributed by atoms with Gasteiger partial charge in [-0.25, -0.2) is 0 Å². The van der Waals surface area contributed by atoms with Crippen LogP contribution >= 0.6 is 24.2 Å². The van der Waals surface area contributed by atoms with E-state index in [9.17, 15) is 5.11 Å². The zero-order valence-corrected chi connectivity index (χ0v) is 7.67. The number of rotatable bonds is 2. The molecule has 0 bridgehead atoms. The summed E-state index contributed by atoms with van der Waals surface area (Å²) in [6.07, 6.45) is 1.97. The van der Waals surface area contributed by atoms with Gasteiger partial charge in [-0.1, -0.05) is 0 Å². The van der Waals surface area contributed by atoms with Gasteiger partial charge in [0.25, 0.3) is 0 Å². The minimum absolute atomic E-state index is 0. The standard InChI is InChI=1S/C6H13NOS.ClH/c1-9-4-5-2-7-3-6(5)8;/h5-8H,2-4H2,1H3;1H. The third-order valence-corrected chi connectivity index (χ3v) is 2.45. The average Bonchev–Trinajstić information content (AvgIpc) is 2.18. The Kier molecular flexibility index (Phi) is 5.54. The Morgan fingerprint density at radius 2 is 2.30 bits per heavy atom. The zero-order valence-electron chi connectivity index (χ0n) is 6.04. The molecule has 0 aromatic rings. The van der Waals surface area contributed by atoms with Crippen LogP contribution in [0.2, 0.25) is 0 Å². The molecule has 2 nitrogen and oxygen atoms in total. The smallest absolute Gasteiger partial charge is 0.0712 e. The maximum absolute atomic E-state index is 9.24. The number of aliphatic hydroxyl groups excluding tert-OH is 1. The van der Waals surface area contributed by atoms with Gasteiger partial charge in [0.2, 0.25) is 0 Å². The first kappa shape index (κ1) is 10.6. The lowest BCUT2D eigenvalue weighted by Gasteiger charge is -2.09. The number of halogens is 1. The van der Waals surface area contributed by atoms with Crippen LogP contribution in [-0.4, -0.2) is 36.3 Å². The van der Waals surface area contributed by atoms with Crippen molar-refractivity contribution in [2.24, 2.45) is 5.92 Å². The summed E-state index contributed by atoms with van der Waals surface area (Å²) in [6, 6.07) is 0. The molecule has 1 saturated heterocycles. The summed E-state index contributed by atoms with van der Waals surface area (Å²) in [5, 5.41) is 12.4. The molecule has 2 unspecified atom stereocenters. The highest BCUT2D eigenvalue weighted by molar-refractivity contribution is 7.98. The molecule has 2 N–H and O–H groups in total. The second kappa shape index (κ2) is 5.24. The van der Waals surface area contributed by atoms with Crippen LogP contribution < -0.4 is 5.32 Å². The van der Waals surface area contributed by atoms with E-state index < -0.39 is 0 Å². The van der Waals surface area contributed by atoms with E-state index in [4.69, 9.17) is 0 Å². The van der Waals surface area contributed by atoms with E-state index in [1.54, 1.807) is 11.8 Å². The lowest BCUT2D eigenvalue weighted by molar-refractivity contribution is 0.158. The van der Waals surface area contributed by atoms with Crippen LogP contribution in [0.5, 0.6) is 0 Å². The summed E-state index contributed by atoms with van der Waals surface area (Å²) in [4.78, 5) is 0. The van der Waals surface area contributed by atoms with Gasteiger partial charge in [0.05, 0.1) is 6.10 Å². The first-order valence-corrected chi connectivity index (χ1v) is 4.61. The Bertz CT molecular complexity index is 93.8. The second-order valence-electron chi connectivity index (χ2n) is 2.44. The Morgan fingerprint density at radius 1 is 1.60 bits per heavy atom. The quantitative estimate of drug-likeness (QED) is 0.648. The third-order valence-electron chi connectivity index (χ3n) is 1.68. The van der Waals surface area contributed by atoms with Gasteiger partial charge in [-0.05, 0) is 12.0 Å². The fourth-order valence-electron chi connectivity index (χ4n) is 1.10. The molecule has 0 spiro atoms. The van der Waals surface area contributed by atoms with Crippen LogP contribution in [0.3, 0.4) is 0 Å². The summed E-state index contributed by atoms with van der Waals surface area (Å²) in [5.74, 6) is 1.56. The first-order valence-electron chi connectivity index (χ1n) is 3.22. The number of thioether (sulfide) groups is 1. The number of hydrogen-bond donors (Lipinski definition) is 2. The van der Waals surface area contributed by atoms with Crippen molar-refractivity contribution < 1.29 is 5.11 Å². The highest BCUT2D eigenvalue weighted by Crippen LogP contribution is 2.13. The lowest BCUT2D eigenvalue weighted by Crippen LogP contribution is -2.19. The van der Waals surface area contributed by atoms with Gasteiger partial charge >= 0.3 is 0 Å². The van der Waals surface area contributed by atoms with E-state index in [1.807, 2.05) is 0 Å². The minimum Gasteiger partial charge on any atom is -0.391 e. The van der Waals surface area contributed by atoms with Crippen molar-refractivity contribution in [2.45, 2.75) is 6.10 Å². The molecule has 0 saturated carbocycles.